The third-order valence-corrected chi connectivity index (χ3v) is 6.55. The van der Waals surface area contributed by atoms with E-state index in [0.29, 0.717) is 41.8 Å². The van der Waals surface area contributed by atoms with Gasteiger partial charge in [0.05, 0.1) is 19.4 Å². The number of nitrogens with one attached hydrogen (secondary N) is 1. The van der Waals surface area contributed by atoms with Crippen LogP contribution in [0.2, 0.25) is 0 Å². The fourth-order valence-electron chi connectivity index (χ4n) is 4.77. The number of amides is 1. The maximum Gasteiger partial charge on any atom is 0.226 e. The average Bonchev–Trinajstić information content (AvgIpc) is 3.52. The zero-order chi connectivity index (χ0) is 25.4. The van der Waals surface area contributed by atoms with Gasteiger partial charge in [-0.3, -0.25) is 4.79 Å². The molecular weight excluding hydrogens is 470 g/mol. The van der Waals surface area contributed by atoms with Gasteiger partial charge in [-0.25, -0.2) is 0 Å². The highest BCUT2D eigenvalue weighted by Gasteiger charge is 2.33. The molecule has 1 amide bonds. The van der Waals surface area contributed by atoms with E-state index in [1.165, 1.54) is 11.9 Å². The zero-order valence-electron chi connectivity index (χ0n) is 20.5. The first-order valence-corrected chi connectivity index (χ1v) is 12.0. The van der Waals surface area contributed by atoms with Crippen LogP contribution < -0.4 is 14.8 Å². The predicted octanol–water partition coefficient (Wildman–Crippen LogP) is 3.72. The number of aryl methyl sites for hydroxylation is 1. The van der Waals surface area contributed by atoms with Crippen LogP contribution in [0.4, 0.5) is 5.82 Å². The number of fused-ring (bicyclic) bond motifs is 2. The first-order chi connectivity index (χ1) is 18.1. The molecule has 1 aliphatic rings. The standard InChI is InChI=1S/C27H25N7O3/c1-17-26-20(19-8-9-21(22(14-19)36-2)37-13-12-18-6-4-3-5-7-18)15-25(35)29-27(26)34(31-17)24-11-10-23-30-28-16-33(23)32-24/h3-11,14,16,20H,12-13,15H2,1-2H3,(H,29,35)/t20-/m1/s1. The largest absolute Gasteiger partial charge is 0.493 e. The SMILES string of the molecule is COc1cc([C@H]2CC(=O)Nc3c2c(C)nn3-c2ccc3nncn3n2)ccc1OCCc1ccccc1. The van der Waals surface area contributed by atoms with Crippen molar-refractivity contribution in [2.75, 3.05) is 19.0 Å². The number of rotatable bonds is 7. The van der Waals surface area contributed by atoms with E-state index in [1.807, 2.05) is 49.4 Å². The molecule has 5 aromatic rings. The van der Waals surface area contributed by atoms with Crippen LogP contribution >= 0.6 is 0 Å². The lowest BCUT2D eigenvalue weighted by Gasteiger charge is -2.25. The van der Waals surface area contributed by atoms with Crippen LogP contribution in [0.5, 0.6) is 11.5 Å². The van der Waals surface area contributed by atoms with E-state index in [0.717, 1.165) is 23.2 Å². The van der Waals surface area contributed by atoms with Gasteiger partial charge in [-0.1, -0.05) is 36.4 Å². The molecule has 6 rings (SSSR count). The van der Waals surface area contributed by atoms with Crippen molar-refractivity contribution in [2.45, 2.75) is 25.7 Å². The van der Waals surface area contributed by atoms with Gasteiger partial charge in [0.25, 0.3) is 0 Å². The summed E-state index contributed by atoms with van der Waals surface area (Å²) in [5.41, 5.74) is 4.55. The van der Waals surface area contributed by atoms with Crippen molar-refractivity contribution >= 4 is 17.4 Å². The highest BCUT2D eigenvalue weighted by Crippen LogP contribution is 2.42. The lowest BCUT2D eigenvalue weighted by atomic mass is 9.85. The maximum absolute atomic E-state index is 12.8. The Balaban J connectivity index is 1.31. The molecule has 10 heteroatoms. The van der Waals surface area contributed by atoms with Crippen molar-refractivity contribution in [3.63, 3.8) is 0 Å². The molecule has 0 radical (unpaired) electrons. The van der Waals surface area contributed by atoms with E-state index in [1.54, 1.807) is 22.4 Å². The summed E-state index contributed by atoms with van der Waals surface area (Å²) >= 11 is 0. The third-order valence-electron chi connectivity index (χ3n) is 6.55. The fourth-order valence-corrected chi connectivity index (χ4v) is 4.77. The smallest absolute Gasteiger partial charge is 0.226 e. The number of hydrogen-bond acceptors (Lipinski definition) is 7. The monoisotopic (exact) mass is 495 g/mol. The first-order valence-electron chi connectivity index (χ1n) is 12.0. The molecule has 0 aliphatic carbocycles. The summed E-state index contributed by atoms with van der Waals surface area (Å²) < 4.78 is 14.9. The first kappa shape index (κ1) is 22.7. The van der Waals surface area contributed by atoms with Crippen molar-refractivity contribution in [1.29, 1.82) is 0 Å². The number of anilines is 1. The molecule has 1 aliphatic heterocycles. The Morgan fingerprint density at radius 1 is 1.05 bits per heavy atom. The molecular formula is C27H25N7O3. The zero-order valence-corrected chi connectivity index (χ0v) is 20.5. The number of aromatic nitrogens is 6. The molecule has 0 fully saturated rings. The van der Waals surface area contributed by atoms with Gasteiger partial charge in [0.15, 0.2) is 23.0 Å². The minimum atomic E-state index is -0.191. The molecule has 0 bridgehead atoms. The van der Waals surface area contributed by atoms with Gasteiger partial charge in [0.1, 0.15) is 12.1 Å². The van der Waals surface area contributed by atoms with Crippen LogP contribution in [0.25, 0.3) is 11.5 Å². The Morgan fingerprint density at radius 2 is 1.92 bits per heavy atom. The second kappa shape index (κ2) is 9.38. The Hall–Kier alpha value is -4.73. The van der Waals surface area contributed by atoms with E-state index >= 15 is 0 Å². The highest BCUT2D eigenvalue weighted by atomic mass is 16.5. The molecule has 0 saturated carbocycles. The van der Waals surface area contributed by atoms with E-state index in [-0.39, 0.29) is 11.8 Å². The molecule has 0 unspecified atom stereocenters. The summed E-state index contributed by atoms with van der Waals surface area (Å²) in [6.07, 6.45) is 2.62. The molecule has 1 N–H and O–H groups in total. The van der Waals surface area contributed by atoms with Crippen molar-refractivity contribution in [1.82, 2.24) is 29.6 Å². The van der Waals surface area contributed by atoms with Crippen LogP contribution in [0.1, 0.15) is 34.7 Å². The van der Waals surface area contributed by atoms with Crippen molar-refractivity contribution in [3.05, 3.63) is 89.4 Å². The van der Waals surface area contributed by atoms with Crippen LogP contribution in [0.3, 0.4) is 0 Å². The Morgan fingerprint density at radius 3 is 2.76 bits per heavy atom. The highest BCUT2D eigenvalue weighted by molar-refractivity contribution is 5.95. The summed E-state index contributed by atoms with van der Waals surface area (Å²) in [6, 6.07) is 19.7. The molecule has 1 atom stereocenters. The van der Waals surface area contributed by atoms with Gasteiger partial charge in [0, 0.05) is 24.3 Å². The fraction of sp³-hybridized carbons (Fsp3) is 0.222. The molecule has 4 heterocycles. The van der Waals surface area contributed by atoms with E-state index in [9.17, 15) is 4.79 Å². The summed E-state index contributed by atoms with van der Waals surface area (Å²) in [4.78, 5) is 12.8. The number of hydrogen-bond donors (Lipinski definition) is 1. The molecule has 10 nitrogen and oxygen atoms in total. The normalized spacial score (nSPS) is 14.9. The van der Waals surface area contributed by atoms with Crippen LogP contribution in [0.15, 0.2) is 67.0 Å². The van der Waals surface area contributed by atoms with E-state index in [2.05, 4.69) is 32.7 Å². The summed E-state index contributed by atoms with van der Waals surface area (Å²) in [7, 11) is 1.62. The Bertz CT molecular complexity index is 1590. The number of benzene rings is 2. The lowest BCUT2D eigenvalue weighted by molar-refractivity contribution is -0.116. The molecule has 2 aromatic carbocycles. The van der Waals surface area contributed by atoms with Crippen LogP contribution in [0, 0.1) is 6.92 Å². The maximum atomic E-state index is 12.8. The number of carbonyl (C=O) groups excluding carboxylic acids is 1. The number of methoxy groups -OCH3 is 1. The molecule has 186 valence electrons. The Labute approximate surface area is 212 Å². The van der Waals surface area contributed by atoms with Crippen LogP contribution in [-0.2, 0) is 11.2 Å². The quantitative estimate of drug-likeness (QED) is 0.367. The predicted molar refractivity (Wildman–Crippen MR) is 136 cm³/mol. The molecule has 3 aromatic heterocycles. The van der Waals surface area contributed by atoms with E-state index < -0.39 is 0 Å². The number of ether oxygens (including phenoxy) is 2. The second-order valence-electron chi connectivity index (χ2n) is 8.88. The van der Waals surface area contributed by atoms with Crippen LogP contribution in [-0.4, -0.2) is 49.2 Å². The molecule has 37 heavy (non-hydrogen) atoms. The average molecular weight is 496 g/mol. The second-order valence-corrected chi connectivity index (χ2v) is 8.88. The molecule has 0 saturated heterocycles. The van der Waals surface area contributed by atoms with Crippen molar-refractivity contribution in [2.24, 2.45) is 0 Å². The topological polar surface area (TPSA) is 108 Å². The number of carbonyl (C=O) groups is 1. The lowest BCUT2D eigenvalue weighted by Crippen LogP contribution is -2.25. The number of nitrogens with zero attached hydrogens (tertiary/aromatic N) is 6. The van der Waals surface area contributed by atoms with Gasteiger partial charge in [0.2, 0.25) is 5.91 Å². The van der Waals surface area contributed by atoms with Crippen molar-refractivity contribution in [3.8, 4) is 17.3 Å². The van der Waals surface area contributed by atoms with Gasteiger partial charge < -0.3 is 14.8 Å². The molecule has 0 spiro atoms. The minimum Gasteiger partial charge on any atom is -0.493 e. The third kappa shape index (κ3) is 4.26. The van der Waals surface area contributed by atoms with E-state index in [4.69, 9.17) is 14.6 Å². The summed E-state index contributed by atoms with van der Waals surface area (Å²) in [5.74, 6) is 2.18. The van der Waals surface area contributed by atoms with Crippen molar-refractivity contribution < 1.29 is 14.3 Å². The van der Waals surface area contributed by atoms with Gasteiger partial charge in [-0.15, -0.1) is 15.3 Å². The minimum absolute atomic E-state index is 0.0915. The Kier molecular flexibility index (Phi) is 5.76. The van der Waals surface area contributed by atoms with Gasteiger partial charge >= 0.3 is 0 Å². The van der Waals surface area contributed by atoms with Gasteiger partial charge in [-0.2, -0.15) is 14.3 Å². The van der Waals surface area contributed by atoms with Gasteiger partial charge in [-0.05, 0) is 42.3 Å². The summed E-state index contributed by atoms with van der Waals surface area (Å²) in [5, 5.41) is 20.1. The summed E-state index contributed by atoms with van der Waals surface area (Å²) in [6.45, 7) is 2.47.